The fraction of sp³-hybridized carbons (Fsp3) is 0.417. The molecule has 0 aromatic heterocycles. The molecule has 1 saturated heterocycles. The minimum absolute atomic E-state index is 0.0639. The van der Waals surface area contributed by atoms with Crippen LogP contribution < -0.4 is 4.74 Å². The number of Topliss-reactive ketones (excluding diaryl/α,β-unsaturated/α-hetero) is 1. The molecule has 0 radical (unpaired) electrons. The minimum Gasteiger partial charge on any atom is -0.496 e. The fourth-order valence-electron chi connectivity index (χ4n) is 1.91. The highest BCUT2D eigenvalue weighted by atomic mass is 16.6. The zero-order chi connectivity index (χ0) is 13.1. The summed E-state index contributed by atoms with van der Waals surface area (Å²) in [6, 6.07) is 4.43. The lowest BCUT2D eigenvalue weighted by atomic mass is 10.00. The van der Waals surface area contributed by atoms with Crippen molar-refractivity contribution in [1.29, 1.82) is 0 Å². The summed E-state index contributed by atoms with van der Waals surface area (Å²) in [7, 11) is 1.44. The summed E-state index contributed by atoms with van der Waals surface area (Å²) in [6.45, 7) is 0.356. The largest absolute Gasteiger partial charge is 0.496 e. The number of hydrogen-bond donors (Lipinski definition) is 0. The van der Waals surface area contributed by atoms with Crippen molar-refractivity contribution in [2.45, 2.75) is 18.9 Å². The maximum atomic E-state index is 11.4. The Balaban J connectivity index is 2.33. The van der Waals surface area contributed by atoms with Crippen LogP contribution in [0.5, 0.6) is 5.75 Å². The first-order valence-corrected chi connectivity index (χ1v) is 5.57. The van der Waals surface area contributed by atoms with Gasteiger partial charge in [0.2, 0.25) is 0 Å². The number of methoxy groups -OCH3 is 1. The molecule has 0 saturated carbocycles. The van der Waals surface area contributed by atoms with Gasteiger partial charge in [0.25, 0.3) is 5.69 Å². The van der Waals surface area contributed by atoms with Gasteiger partial charge in [0.15, 0.2) is 0 Å². The topological polar surface area (TPSA) is 78.7 Å². The number of ether oxygens (including phenoxy) is 2. The predicted octanol–water partition coefficient (Wildman–Crippen LogP) is 2.02. The van der Waals surface area contributed by atoms with E-state index in [0.29, 0.717) is 24.3 Å². The predicted molar refractivity (Wildman–Crippen MR) is 62.6 cm³/mol. The van der Waals surface area contributed by atoms with Crippen LogP contribution >= 0.6 is 0 Å². The van der Waals surface area contributed by atoms with Gasteiger partial charge in [-0.3, -0.25) is 14.9 Å². The van der Waals surface area contributed by atoms with Gasteiger partial charge in [-0.1, -0.05) is 0 Å². The lowest BCUT2D eigenvalue weighted by Crippen LogP contribution is -2.19. The molecule has 6 nitrogen and oxygen atoms in total. The van der Waals surface area contributed by atoms with Gasteiger partial charge in [-0.05, 0) is 11.6 Å². The molecule has 1 fully saturated rings. The van der Waals surface area contributed by atoms with Crippen LogP contribution in [0.15, 0.2) is 18.2 Å². The van der Waals surface area contributed by atoms with Crippen molar-refractivity contribution in [2.75, 3.05) is 13.7 Å². The summed E-state index contributed by atoms with van der Waals surface area (Å²) in [5.74, 6) is 0.498. The average molecular weight is 251 g/mol. The Morgan fingerprint density at radius 1 is 1.44 bits per heavy atom. The minimum atomic E-state index is -0.489. The first-order chi connectivity index (χ1) is 8.60. The summed E-state index contributed by atoms with van der Waals surface area (Å²) >= 11 is 0. The number of ketones is 1. The molecule has 6 heteroatoms. The number of hydrogen-bond acceptors (Lipinski definition) is 5. The van der Waals surface area contributed by atoms with E-state index < -0.39 is 11.0 Å². The second kappa shape index (κ2) is 5.14. The van der Waals surface area contributed by atoms with E-state index in [-0.39, 0.29) is 17.9 Å². The monoisotopic (exact) mass is 251 g/mol. The Hall–Kier alpha value is -1.95. The molecule has 0 N–H and O–H groups in total. The van der Waals surface area contributed by atoms with Crippen LogP contribution in [-0.4, -0.2) is 24.4 Å². The van der Waals surface area contributed by atoms with Crippen molar-refractivity contribution >= 4 is 11.5 Å². The second-order valence-electron chi connectivity index (χ2n) is 4.07. The zero-order valence-corrected chi connectivity index (χ0v) is 9.92. The molecule has 1 aliphatic heterocycles. The Labute approximate surface area is 104 Å². The van der Waals surface area contributed by atoms with Crippen LogP contribution in [0.3, 0.4) is 0 Å². The van der Waals surface area contributed by atoms with Gasteiger partial charge in [-0.15, -0.1) is 0 Å². The molecule has 1 heterocycles. The molecule has 1 unspecified atom stereocenters. The molecule has 1 aromatic carbocycles. The first kappa shape index (κ1) is 12.5. The number of benzene rings is 1. The highest BCUT2D eigenvalue weighted by Gasteiger charge is 2.24. The summed E-state index contributed by atoms with van der Waals surface area (Å²) in [6.07, 6.45) is 0.243. The van der Waals surface area contributed by atoms with Gasteiger partial charge >= 0.3 is 0 Å². The third-order valence-corrected chi connectivity index (χ3v) is 2.84. The summed E-state index contributed by atoms with van der Waals surface area (Å²) < 4.78 is 10.5. The summed E-state index contributed by atoms with van der Waals surface area (Å²) in [5.41, 5.74) is 0.542. The number of nitrogens with zero attached hydrogens (tertiary/aromatic N) is 1. The van der Waals surface area contributed by atoms with Crippen LogP contribution in [-0.2, 0) is 9.53 Å². The summed E-state index contributed by atoms with van der Waals surface area (Å²) in [4.78, 5) is 21.7. The summed E-state index contributed by atoms with van der Waals surface area (Å²) in [5, 5.41) is 10.8. The van der Waals surface area contributed by atoms with Crippen molar-refractivity contribution in [3.05, 3.63) is 33.9 Å². The van der Waals surface area contributed by atoms with Crippen molar-refractivity contribution < 1.29 is 19.2 Å². The normalized spacial score (nSPS) is 19.6. The smallest absolute Gasteiger partial charge is 0.273 e. The van der Waals surface area contributed by atoms with E-state index in [0.717, 1.165) is 0 Å². The number of nitro groups is 1. The van der Waals surface area contributed by atoms with E-state index in [2.05, 4.69) is 0 Å². The molecule has 0 spiro atoms. The second-order valence-corrected chi connectivity index (χ2v) is 4.07. The van der Waals surface area contributed by atoms with Crippen molar-refractivity contribution in [3.63, 3.8) is 0 Å². The van der Waals surface area contributed by atoms with Crippen LogP contribution in [0.4, 0.5) is 5.69 Å². The standard InChI is InChI=1S/C12H13NO5/c1-17-11-5-8(4-9(6-11)13(15)16)12-7-10(14)2-3-18-12/h4-6,12H,2-3,7H2,1H3. The van der Waals surface area contributed by atoms with Gasteiger partial charge in [-0.2, -0.15) is 0 Å². The van der Waals surface area contributed by atoms with Crippen LogP contribution in [0, 0.1) is 10.1 Å². The van der Waals surface area contributed by atoms with E-state index in [4.69, 9.17) is 9.47 Å². The molecule has 1 aliphatic rings. The van der Waals surface area contributed by atoms with E-state index in [9.17, 15) is 14.9 Å². The van der Waals surface area contributed by atoms with Gasteiger partial charge in [0.05, 0.1) is 30.8 Å². The molecular formula is C12H13NO5. The van der Waals surface area contributed by atoms with Gasteiger partial charge < -0.3 is 9.47 Å². The van der Waals surface area contributed by atoms with Crippen molar-refractivity contribution in [2.24, 2.45) is 0 Å². The molecule has 1 atom stereocenters. The lowest BCUT2D eigenvalue weighted by molar-refractivity contribution is -0.385. The first-order valence-electron chi connectivity index (χ1n) is 5.57. The van der Waals surface area contributed by atoms with Gasteiger partial charge in [0.1, 0.15) is 11.5 Å². The van der Waals surface area contributed by atoms with Crippen LogP contribution in [0.2, 0.25) is 0 Å². The molecule has 0 aliphatic carbocycles. The van der Waals surface area contributed by atoms with E-state index >= 15 is 0 Å². The third-order valence-electron chi connectivity index (χ3n) is 2.84. The van der Waals surface area contributed by atoms with Crippen molar-refractivity contribution in [3.8, 4) is 5.75 Å². The van der Waals surface area contributed by atoms with Gasteiger partial charge in [-0.25, -0.2) is 0 Å². The molecule has 0 amide bonds. The maximum Gasteiger partial charge on any atom is 0.273 e. The molecule has 18 heavy (non-hydrogen) atoms. The highest BCUT2D eigenvalue weighted by molar-refractivity contribution is 5.79. The quantitative estimate of drug-likeness (QED) is 0.606. The Bertz CT molecular complexity index is 485. The van der Waals surface area contributed by atoms with Crippen LogP contribution in [0.25, 0.3) is 0 Å². The fourth-order valence-corrected chi connectivity index (χ4v) is 1.91. The van der Waals surface area contributed by atoms with Gasteiger partial charge in [0, 0.05) is 18.9 Å². The number of non-ortho nitro benzene ring substituents is 1. The van der Waals surface area contributed by atoms with Crippen molar-refractivity contribution in [1.82, 2.24) is 0 Å². The Kier molecular flexibility index (Phi) is 3.57. The van der Waals surface area contributed by atoms with Crippen LogP contribution in [0.1, 0.15) is 24.5 Å². The van der Waals surface area contributed by atoms with E-state index in [1.165, 1.54) is 19.2 Å². The maximum absolute atomic E-state index is 11.4. The molecule has 96 valence electrons. The number of rotatable bonds is 3. The number of nitro benzene ring substituents is 1. The number of carbonyl (C=O) groups excluding carboxylic acids is 1. The Morgan fingerprint density at radius 2 is 2.22 bits per heavy atom. The molecular weight excluding hydrogens is 238 g/mol. The highest BCUT2D eigenvalue weighted by Crippen LogP contribution is 2.32. The third kappa shape index (κ3) is 2.65. The lowest BCUT2D eigenvalue weighted by Gasteiger charge is -2.22. The number of carbonyl (C=O) groups is 1. The van der Waals surface area contributed by atoms with E-state index in [1.807, 2.05) is 0 Å². The van der Waals surface area contributed by atoms with E-state index in [1.54, 1.807) is 6.07 Å². The SMILES string of the molecule is COc1cc(C2CC(=O)CCO2)cc([N+](=O)[O-])c1. The average Bonchev–Trinajstić information content (AvgIpc) is 2.38. The molecule has 0 bridgehead atoms. The molecule has 2 rings (SSSR count). The Morgan fingerprint density at radius 3 is 2.83 bits per heavy atom. The zero-order valence-electron chi connectivity index (χ0n) is 9.92. The molecule has 1 aromatic rings.